The first-order chi connectivity index (χ1) is 7.97. The smallest absolute Gasteiger partial charge is 0.113 e. The molecule has 0 aliphatic rings. The van der Waals surface area contributed by atoms with Gasteiger partial charge in [-0.2, -0.15) is 0 Å². The average molecular weight is 397 g/mol. The van der Waals surface area contributed by atoms with Gasteiger partial charge in [-0.25, -0.2) is 0 Å². The predicted molar refractivity (Wildman–Crippen MR) is 80.0 cm³/mol. The molecule has 0 amide bonds. The van der Waals surface area contributed by atoms with Crippen LogP contribution in [0.2, 0.25) is 4.34 Å². The lowest BCUT2D eigenvalue weighted by atomic mass is 10.1. The molecule has 2 aromatic rings. The average Bonchev–Trinajstić information content (AvgIpc) is 2.57. The first-order valence-corrected chi connectivity index (χ1v) is 7.65. The highest BCUT2D eigenvalue weighted by molar-refractivity contribution is 9.11. The van der Waals surface area contributed by atoms with Crippen LogP contribution in [0.4, 0.5) is 0 Å². The van der Waals surface area contributed by atoms with Gasteiger partial charge in [0.25, 0.3) is 0 Å². The zero-order valence-corrected chi connectivity index (χ0v) is 13.6. The van der Waals surface area contributed by atoms with E-state index in [1.54, 1.807) is 0 Å². The molecule has 1 unspecified atom stereocenters. The number of thiophene rings is 1. The normalized spacial score (nSPS) is 12.8. The molecule has 0 radical (unpaired) electrons. The van der Waals surface area contributed by atoms with E-state index in [9.17, 15) is 5.11 Å². The first kappa shape index (κ1) is 13.6. The third-order valence-electron chi connectivity index (χ3n) is 2.35. The molecule has 1 atom stereocenters. The summed E-state index contributed by atoms with van der Waals surface area (Å²) in [6, 6.07) is 7.66. The minimum absolute atomic E-state index is 0.639. The second-order valence-corrected chi connectivity index (χ2v) is 7.23. The molecule has 1 heterocycles. The Bertz CT molecular complexity index is 514. The first-order valence-electron chi connectivity index (χ1n) is 4.87. The van der Waals surface area contributed by atoms with E-state index in [1.165, 1.54) is 11.3 Å². The number of halogens is 3. The Balaban J connectivity index is 2.39. The second kappa shape index (κ2) is 5.41. The van der Waals surface area contributed by atoms with Crippen LogP contribution in [0.25, 0.3) is 0 Å². The van der Waals surface area contributed by atoms with Crippen molar-refractivity contribution in [2.75, 3.05) is 0 Å². The van der Waals surface area contributed by atoms with Crippen molar-refractivity contribution in [2.45, 2.75) is 13.0 Å². The van der Waals surface area contributed by atoms with Crippen molar-refractivity contribution < 1.29 is 5.11 Å². The third-order valence-corrected chi connectivity index (χ3v) is 4.87. The number of hydrogen-bond donors (Lipinski definition) is 1. The van der Waals surface area contributed by atoms with Gasteiger partial charge in [0.05, 0.1) is 4.34 Å². The molecule has 0 saturated carbocycles. The highest BCUT2D eigenvalue weighted by Gasteiger charge is 2.15. The van der Waals surface area contributed by atoms with Crippen LogP contribution in [0.1, 0.15) is 22.1 Å². The van der Waals surface area contributed by atoms with Crippen molar-refractivity contribution in [1.29, 1.82) is 0 Å². The summed E-state index contributed by atoms with van der Waals surface area (Å²) in [6.07, 6.45) is -0.639. The summed E-state index contributed by atoms with van der Waals surface area (Å²) in [5.41, 5.74) is 1.84. The number of benzene rings is 1. The lowest BCUT2D eigenvalue weighted by Crippen LogP contribution is -1.97. The maximum atomic E-state index is 10.3. The lowest BCUT2D eigenvalue weighted by molar-refractivity contribution is 0.224. The number of hydrogen-bond acceptors (Lipinski definition) is 2. The molecule has 1 nitrogen and oxygen atoms in total. The molecule has 5 heteroatoms. The van der Waals surface area contributed by atoms with Crippen molar-refractivity contribution in [3.05, 3.63) is 53.6 Å². The van der Waals surface area contributed by atoms with Crippen LogP contribution in [-0.4, -0.2) is 5.11 Å². The molecule has 0 fully saturated rings. The molecule has 1 aromatic heterocycles. The van der Waals surface area contributed by atoms with E-state index in [0.29, 0.717) is 0 Å². The molecule has 1 N–H and O–H groups in total. The molecule has 0 spiro atoms. The summed E-state index contributed by atoms with van der Waals surface area (Å²) in [6.45, 7) is 1.94. The van der Waals surface area contributed by atoms with Crippen molar-refractivity contribution in [2.24, 2.45) is 0 Å². The Morgan fingerprint density at radius 1 is 1.18 bits per heavy atom. The highest BCUT2D eigenvalue weighted by Crippen LogP contribution is 2.35. The van der Waals surface area contributed by atoms with Gasteiger partial charge in [-0.15, -0.1) is 11.3 Å². The molecule has 90 valence electrons. The summed E-state index contributed by atoms with van der Waals surface area (Å²) >= 11 is 14.2. The van der Waals surface area contributed by atoms with Gasteiger partial charge >= 0.3 is 0 Å². The Morgan fingerprint density at radius 3 is 2.24 bits per heavy atom. The largest absolute Gasteiger partial charge is 0.383 e. The zero-order valence-electron chi connectivity index (χ0n) is 8.88. The van der Waals surface area contributed by atoms with Crippen LogP contribution in [0.3, 0.4) is 0 Å². The van der Waals surface area contributed by atoms with Crippen LogP contribution in [0, 0.1) is 6.92 Å². The Labute approximate surface area is 126 Å². The van der Waals surface area contributed by atoms with E-state index >= 15 is 0 Å². The molecule has 17 heavy (non-hydrogen) atoms. The minimum atomic E-state index is -0.639. The number of rotatable bonds is 2. The van der Waals surface area contributed by atoms with Crippen LogP contribution in [-0.2, 0) is 0 Å². The van der Waals surface area contributed by atoms with E-state index in [2.05, 4.69) is 31.9 Å². The molecular formula is C12H9Br2ClOS. The van der Waals surface area contributed by atoms with Crippen molar-refractivity contribution in [3.8, 4) is 0 Å². The summed E-state index contributed by atoms with van der Waals surface area (Å²) in [7, 11) is 0. The molecule has 0 aliphatic heterocycles. The van der Waals surface area contributed by atoms with E-state index in [0.717, 1.165) is 29.3 Å². The van der Waals surface area contributed by atoms with E-state index in [1.807, 2.05) is 31.2 Å². The molecule has 2 rings (SSSR count). The molecule has 0 bridgehead atoms. The van der Waals surface area contributed by atoms with Crippen LogP contribution < -0.4 is 0 Å². The van der Waals surface area contributed by atoms with Crippen molar-refractivity contribution >= 4 is 54.8 Å². The van der Waals surface area contributed by atoms with Crippen LogP contribution >= 0.6 is 54.8 Å². The van der Waals surface area contributed by atoms with Gasteiger partial charge in [-0.3, -0.25) is 0 Å². The summed E-state index contributed by atoms with van der Waals surface area (Å²) in [4.78, 5) is 0.859. The second-order valence-electron chi connectivity index (χ2n) is 3.71. The Hall–Kier alpha value is 0.130. The summed E-state index contributed by atoms with van der Waals surface area (Å²) in [5.74, 6) is 0. The number of aliphatic hydroxyl groups is 1. The van der Waals surface area contributed by atoms with E-state index in [4.69, 9.17) is 11.6 Å². The number of aryl methyl sites for hydroxylation is 1. The molecular weight excluding hydrogens is 387 g/mol. The molecule has 1 aromatic carbocycles. The third kappa shape index (κ3) is 3.12. The fourth-order valence-electron chi connectivity index (χ4n) is 1.52. The SMILES string of the molecule is Cc1cc(C(O)c2cc(Br)cc(Br)c2)sc1Cl. The molecule has 0 aliphatic carbocycles. The fraction of sp³-hybridized carbons (Fsp3) is 0.167. The highest BCUT2D eigenvalue weighted by atomic mass is 79.9. The summed E-state index contributed by atoms with van der Waals surface area (Å²) in [5, 5.41) is 10.3. The lowest BCUT2D eigenvalue weighted by Gasteiger charge is -2.10. The molecule has 0 saturated heterocycles. The monoisotopic (exact) mass is 394 g/mol. The quantitative estimate of drug-likeness (QED) is 0.729. The van der Waals surface area contributed by atoms with Crippen LogP contribution in [0.5, 0.6) is 0 Å². The van der Waals surface area contributed by atoms with Gasteiger partial charge in [0.1, 0.15) is 6.10 Å². The van der Waals surface area contributed by atoms with Crippen molar-refractivity contribution in [1.82, 2.24) is 0 Å². The topological polar surface area (TPSA) is 20.2 Å². The van der Waals surface area contributed by atoms with Gasteiger partial charge in [0, 0.05) is 13.8 Å². The van der Waals surface area contributed by atoms with Gasteiger partial charge < -0.3 is 5.11 Å². The van der Waals surface area contributed by atoms with Gasteiger partial charge in [0.15, 0.2) is 0 Å². The van der Waals surface area contributed by atoms with Gasteiger partial charge in [-0.05, 0) is 42.3 Å². The van der Waals surface area contributed by atoms with E-state index < -0.39 is 6.10 Å². The summed E-state index contributed by atoms with van der Waals surface area (Å²) < 4.78 is 2.59. The standard InChI is InChI=1S/C12H9Br2ClOS/c1-6-2-10(17-12(6)15)11(16)7-3-8(13)5-9(14)4-7/h2-5,11,16H,1H3. The van der Waals surface area contributed by atoms with Gasteiger partial charge in [0.2, 0.25) is 0 Å². The van der Waals surface area contributed by atoms with Gasteiger partial charge in [-0.1, -0.05) is 43.5 Å². The fourth-order valence-corrected chi connectivity index (χ4v) is 4.08. The Kier molecular flexibility index (Phi) is 4.31. The number of aliphatic hydroxyl groups excluding tert-OH is 1. The van der Waals surface area contributed by atoms with Crippen LogP contribution in [0.15, 0.2) is 33.2 Å². The predicted octanol–water partition coefficient (Wildman–Crippen LogP) is 5.32. The minimum Gasteiger partial charge on any atom is -0.383 e. The Morgan fingerprint density at radius 2 is 1.76 bits per heavy atom. The van der Waals surface area contributed by atoms with Crippen molar-refractivity contribution in [3.63, 3.8) is 0 Å². The maximum Gasteiger partial charge on any atom is 0.113 e. The maximum absolute atomic E-state index is 10.3. The van der Waals surface area contributed by atoms with E-state index in [-0.39, 0.29) is 0 Å². The zero-order chi connectivity index (χ0) is 12.6.